The number of rotatable bonds is 4. The molecule has 2 unspecified atom stereocenters. The number of hydrogen-bond acceptors (Lipinski definition) is 3. The van der Waals surface area contributed by atoms with Gasteiger partial charge in [0.1, 0.15) is 0 Å². The summed E-state index contributed by atoms with van der Waals surface area (Å²) in [5.41, 5.74) is 0.696. The Morgan fingerprint density at radius 3 is 2.67 bits per heavy atom. The van der Waals surface area contributed by atoms with E-state index in [1.807, 2.05) is 48.5 Å². The molecule has 1 aliphatic rings. The fraction of sp³-hybridized carbons (Fsp3) is 0.300. The number of carbonyl (C=O) groups is 2. The van der Waals surface area contributed by atoms with E-state index in [-0.39, 0.29) is 17.8 Å². The summed E-state index contributed by atoms with van der Waals surface area (Å²) in [4.78, 5) is 24.4. The average Bonchev–Trinajstić information content (AvgIpc) is 2.62. The van der Waals surface area contributed by atoms with Crippen LogP contribution in [0.2, 0.25) is 0 Å². The zero-order valence-electron chi connectivity index (χ0n) is 13.7. The Bertz CT molecular complexity index is 781. The van der Waals surface area contributed by atoms with E-state index in [1.165, 1.54) is 0 Å². The van der Waals surface area contributed by atoms with Crippen molar-refractivity contribution in [3.05, 3.63) is 54.6 Å². The summed E-state index contributed by atoms with van der Waals surface area (Å²) in [5.74, 6) is -0.739. The lowest BCUT2D eigenvalue weighted by Crippen LogP contribution is -2.32. The molecule has 0 saturated carbocycles. The van der Waals surface area contributed by atoms with Crippen molar-refractivity contribution in [2.75, 3.05) is 5.32 Å². The monoisotopic (exact) mass is 323 g/mol. The molecule has 0 aromatic heterocycles. The summed E-state index contributed by atoms with van der Waals surface area (Å²) < 4.78 is 5.33. The molecule has 4 nitrogen and oxygen atoms in total. The molecule has 3 rings (SSSR count). The molecular formula is C20H21NO3. The Labute approximate surface area is 141 Å². The van der Waals surface area contributed by atoms with Gasteiger partial charge < -0.3 is 10.1 Å². The summed E-state index contributed by atoms with van der Waals surface area (Å²) in [5, 5.41) is 4.97. The van der Waals surface area contributed by atoms with Crippen LogP contribution in [-0.2, 0) is 14.3 Å². The molecular weight excluding hydrogens is 302 g/mol. The average molecular weight is 323 g/mol. The van der Waals surface area contributed by atoms with Gasteiger partial charge in [-0.3, -0.25) is 9.59 Å². The molecule has 1 aliphatic carbocycles. The SMILES string of the molecule is CC(OC(=O)C1CC=CCC1)C(=O)Nc1ccc2ccccc2c1. The molecule has 2 aromatic rings. The van der Waals surface area contributed by atoms with Gasteiger partial charge in [-0.05, 0) is 49.1 Å². The van der Waals surface area contributed by atoms with Gasteiger partial charge in [0, 0.05) is 5.69 Å². The van der Waals surface area contributed by atoms with Crippen molar-refractivity contribution in [3.8, 4) is 0 Å². The van der Waals surface area contributed by atoms with Gasteiger partial charge in [-0.2, -0.15) is 0 Å². The van der Waals surface area contributed by atoms with Crippen molar-refractivity contribution in [2.45, 2.75) is 32.3 Å². The number of nitrogens with one attached hydrogen (secondary N) is 1. The number of fused-ring (bicyclic) bond motifs is 1. The zero-order chi connectivity index (χ0) is 16.9. The highest BCUT2D eigenvalue weighted by Gasteiger charge is 2.25. The lowest BCUT2D eigenvalue weighted by Gasteiger charge is -2.19. The molecule has 0 radical (unpaired) electrons. The van der Waals surface area contributed by atoms with E-state index in [0.29, 0.717) is 12.1 Å². The van der Waals surface area contributed by atoms with Crippen LogP contribution < -0.4 is 5.32 Å². The van der Waals surface area contributed by atoms with Gasteiger partial charge in [0.25, 0.3) is 5.91 Å². The lowest BCUT2D eigenvalue weighted by molar-refractivity contribution is -0.157. The normalized spacial score (nSPS) is 18.1. The molecule has 1 N–H and O–H groups in total. The minimum absolute atomic E-state index is 0.133. The van der Waals surface area contributed by atoms with E-state index in [9.17, 15) is 9.59 Å². The molecule has 0 bridgehead atoms. The van der Waals surface area contributed by atoms with Crippen LogP contribution in [0.4, 0.5) is 5.69 Å². The Kier molecular flexibility index (Phi) is 4.94. The molecule has 4 heteroatoms. The molecule has 0 heterocycles. The molecule has 2 aromatic carbocycles. The van der Waals surface area contributed by atoms with E-state index in [4.69, 9.17) is 4.74 Å². The molecule has 0 aliphatic heterocycles. The highest BCUT2D eigenvalue weighted by atomic mass is 16.5. The predicted octanol–water partition coefficient (Wildman–Crippen LogP) is 4.07. The van der Waals surface area contributed by atoms with Crippen LogP contribution in [-0.4, -0.2) is 18.0 Å². The highest BCUT2D eigenvalue weighted by Crippen LogP contribution is 2.21. The van der Waals surface area contributed by atoms with Gasteiger partial charge in [0.2, 0.25) is 0 Å². The van der Waals surface area contributed by atoms with Crippen LogP contribution in [0.3, 0.4) is 0 Å². The van der Waals surface area contributed by atoms with Crippen molar-refractivity contribution in [2.24, 2.45) is 5.92 Å². The van der Waals surface area contributed by atoms with Crippen molar-refractivity contribution in [1.29, 1.82) is 0 Å². The quantitative estimate of drug-likeness (QED) is 0.682. The number of amides is 1. The van der Waals surface area contributed by atoms with Crippen LogP contribution in [0.15, 0.2) is 54.6 Å². The van der Waals surface area contributed by atoms with Crippen LogP contribution in [0.1, 0.15) is 26.2 Å². The maximum absolute atomic E-state index is 12.3. The molecule has 24 heavy (non-hydrogen) atoms. The smallest absolute Gasteiger partial charge is 0.310 e. The first-order valence-electron chi connectivity index (χ1n) is 8.28. The topological polar surface area (TPSA) is 55.4 Å². The number of benzene rings is 2. The standard InChI is InChI=1S/C20H21NO3/c1-14(24-20(23)16-8-3-2-4-9-16)19(22)21-18-12-11-15-7-5-6-10-17(15)13-18/h2-3,5-7,10-14,16H,4,8-9H2,1H3,(H,21,22). The molecule has 124 valence electrons. The fourth-order valence-corrected chi connectivity index (χ4v) is 2.84. The largest absolute Gasteiger partial charge is 0.452 e. The molecule has 2 atom stereocenters. The van der Waals surface area contributed by atoms with Crippen LogP contribution in [0.5, 0.6) is 0 Å². The molecule has 0 spiro atoms. The second kappa shape index (κ2) is 7.30. The van der Waals surface area contributed by atoms with E-state index >= 15 is 0 Å². The van der Waals surface area contributed by atoms with Gasteiger partial charge in [-0.25, -0.2) is 0 Å². The Hall–Kier alpha value is -2.62. The summed E-state index contributed by atoms with van der Waals surface area (Å²) >= 11 is 0. The van der Waals surface area contributed by atoms with Crippen LogP contribution >= 0.6 is 0 Å². The highest BCUT2D eigenvalue weighted by molar-refractivity contribution is 5.97. The van der Waals surface area contributed by atoms with Crippen molar-refractivity contribution in [3.63, 3.8) is 0 Å². The Balaban J connectivity index is 1.60. The summed E-state index contributed by atoms with van der Waals surface area (Å²) in [6.45, 7) is 1.60. The minimum atomic E-state index is -0.810. The van der Waals surface area contributed by atoms with Crippen LogP contribution in [0, 0.1) is 5.92 Å². The van der Waals surface area contributed by atoms with Crippen LogP contribution in [0.25, 0.3) is 10.8 Å². The zero-order valence-corrected chi connectivity index (χ0v) is 13.7. The van der Waals surface area contributed by atoms with Crippen molar-refractivity contribution in [1.82, 2.24) is 0 Å². The number of carbonyl (C=O) groups excluding carboxylic acids is 2. The number of allylic oxidation sites excluding steroid dienone is 2. The maximum atomic E-state index is 12.3. The first-order valence-corrected chi connectivity index (χ1v) is 8.28. The van der Waals surface area contributed by atoms with E-state index in [1.54, 1.807) is 6.92 Å². The second-order valence-corrected chi connectivity index (χ2v) is 6.11. The summed E-state index contributed by atoms with van der Waals surface area (Å²) in [6, 6.07) is 13.7. The van der Waals surface area contributed by atoms with E-state index in [2.05, 4.69) is 11.4 Å². The number of ether oxygens (including phenoxy) is 1. The van der Waals surface area contributed by atoms with Gasteiger partial charge in [-0.1, -0.05) is 42.5 Å². The molecule has 1 amide bonds. The van der Waals surface area contributed by atoms with E-state index < -0.39 is 6.10 Å². The fourth-order valence-electron chi connectivity index (χ4n) is 2.84. The number of esters is 1. The molecule has 0 fully saturated rings. The third-order valence-corrected chi connectivity index (χ3v) is 4.28. The Morgan fingerprint density at radius 2 is 1.92 bits per heavy atom. The van der Waals surface area contributed by atoms with Gasteiger partial charge in [0.05, 0.1) is 5.92 Å². The Morgan fingerprint density at radius 1 is 1.12 bits per heavy atom. The minimum Gasteiger partial charge on any atom is -0.452 e. The first-order chi connectivity index (χ1) is 11.6. The second-order valence-electron chi connectivity index (χ2n) is 6.11. The number of anilines is 1. The third-order valence-electron chi connectivity index (χ3n) is 4.28. The van der Waals surface area contributed by atoms with Gasteiger partial charge in [-0.15, -0.1) is 0 Å². The van der Waals surface area contributed by atoms with Crippen molar-refractivity contribution < 1.29 is 14.3 Å². The van der Waals surface area contributed by atoms with E-state index in [0.717, 1.165) is 23.6 Å². The van der Waals surface area contributed by atoms with Gasteiger partial charge >= 0.3 is 5.97 Å². The molecule has 0 saturated heterocycles. The summed E-state index contributed by atoms with van der Waals surface area (Å²) in [6.07, 6.45) is 5.62. The first kappa shape index (κ1) is 16.2. The summed E-state index contributed by atoms with van der Waals surface area (Å²) in [7, 11) is 0. The third kappa shape index (κ3) is 3.82. The number of hydrogen-bond donors (Lipinski definition) is 1. The van der Waals surface area contributed by atoms with Crippen molar-refractivity contribution >= 4 is 28.3 Å². The lowest BCUT2D eigenvalue weighted by atomic mass is 9.95. The van der Waals surface area contributed by atoms with Gasteiger partial charge in [0.15, 0.2) is 6.10 Å². The predicted molar refractivity (Wildman–Crippen MR) is 94.6 cm³/mol. The maximum Gasteiger partial charge on any atom is 0.310 e.